The molecular weight excluding hydrogens is 379 g/mol. The quantitative estimate of drug-likeness (QED) is 0.735. The van der Waals surface area contributed by atoms with Crippen LogP contribution in [0, 0.1) is 10.5 Å². The van der Waals surface area contributed by atoms with Gasteiger partial charge in [-0.1, -0.05) is 6.07 Å². The lowest BCUT2D eigenvalue weighted by Crippen LogP contribution is -2.37. The number of carbonyl (C=O) groups is 1. The van der Waals surface area contributed by atoms with Crippen LogP contribution in [0.3, 0.4) is 0 Å². The first kappa shape index (κ1) is 16.4. The van der Waals surface area contributed by atoms with E-state index in [1.165, 1.54) is 0 Å². The van der Waals surface area contributed by atoms with Crippen molar-refractivity contribution in [2.24, 2.45) is 5.73 Å². The third-order valence-corrected chi connectivity index (χ3v) is 4.72. The predicted molar refractivity (Wildman–Crippen MR) is 84.8 cm³/mol. The molecule has 0 fully saturated rings. The molecule has 7 heteroatoms. The largest absolute Gasteiger partial charge is 0.325 e. The number of sulfone groups is 1. The minimum atomic E-state index is -3.10. The van der Waals surface area contributed by atoms with E-state index in [0.29, 0.717) is 5.69 Å². The van der Waals surface area contributed by atoms with E-state index in [2.05, 4.69) is 27.9 Å². The van der Waals surface area contributed by atoms with Gasteiger partial charge in [-0.2, -0.15) is 0 Å². The Hall–Kier alpha value is -0.670. The molecule has 19 heavy (non-hydrogen) atoms. The first-order chi connectivity index (χ1) is 8.69. The van der Waals surface area contributed by atoms with Gasteiger partial charge in [0.1, 0.15) is 9.84 Å². The Bertz CT molecular complexity index is 572. The van der Waals surface area contributed by atoms with Gasteiger partial charge in [0.15, 0.2) is 0 Å². The maximum atomic E-state index is 11.8. The highest BCUT2D eigenvalue weighted by Gasteiger charge is 2.16. The van der Waals surface area contributed by atoms with Crippen molar-refractivity contribution in [1.29, 1.82) is 0 Å². The molecule has 1 atom stereocenters. The monoisotopic (exact) mass is 396 g/mol. The molecule has 0 bridgehead atoms. The van der Waals surface area contributed by atoms with Crippen molar-refractivity contribution < 1.29 is 13.2 Å². The number of nitrogens with one attached hydrogen (secondary N) is 1. The molecule has 0 aliphatic carbocycles. The molecular formula is C12H17IN2O3S. The van der Waals surface area contributed by atoms with E-state index < -0.39 is 15.9 Å². The van der Waals surface area contributed by atoms with E-state index in [9.17, 15) is 13.2 Å². The van der Waals surface area contributed by atoms with Crippen molar-refractivity contribution in [3.05, 3.63) is 27.3 Å². The second-order valence-corrected chi connectivity index (χ2v) is 7.90. The standard InChI is InChI=1S/C12H17IN2O3S/c1-8-3-4-9(7-10(8)13)15-12(16)11(14)5-6-19(2,17)18/h3-4,7,11H,5-6,14H2,1-2H3,(H,15,16). The van der Waals surface area contributed by atoms with E-state index in [4.69, 9.17) is 5.73 Å². The number of halogens is 1. The average Bonchev–Trinajstić information content (AvgIpc) is 2.29. The lowest BCUT2D eigenvalue weighted by molar-refractivity contribution is -0.117. The van der Waals surface area contributed by atoms with Gasteiger partial charge in [-0.05, 0) is 53.6 Å². The van der Waals surface area contributed by atoms with Crippen LogP contribution in [0.4, 0.5) is 5.69 Å². The fraction of sp³-hybridized carbons (Fsp3) is 0.417. The van der Waals surface area contributed by atoms with E-state index >= 15 is 0 Å². The van der Waals surface area contributed by atoms with E-state index in [-0.39, 0.29) is 18.1 Å². The van der Waals surface area contributed by atoms with Crippen LogP contribution in [-0.4, -0.2) is 32.4 Å². The molecule has 0 aliphatic rings. The van der Waals surface area contributed by atoms with Crippen molar-refractivity contribution in [3.63, 3.8) is 0 Å². The minimum absolute atomic E-state index is 0.0903. The third kappa shape index (κ3) is 5.87. The fourth-order valence-electron chi connectivity index (χ4n) is 1.38. The summed E-state index contributed by atoms with van der Waals surface area (Å²) in [4.78, 5) is 11.8. The molecule has 0 radical (unpaired) electrons. The molecule has 106 valence electrons. The molecule has 0 spiro atoms. The van der Waals surface area contributed by atoms with Crippen molar-refractivity contribution in [2.45, 2.75) is 19.4 Å². The highest BCUT2D eigenvalue weighted by atomic mass is 127. The predicted octanol–water partition coefficient (Wildman–Crippen LogP) is 1.30. The van der Waals surface area contributed by atoms with Gasteiger partial charge in [0.2, 0.25) is 5.91 Å². The summed E-state index contributed by atoms with van der Waals surface area (Å²) >= 11 is 2.18. The summed E-state index contributed by atoms with van der Waals surface area (Å²) in [5, 5.41) is 2.68. The summed E-state index contributed by atoms with van der Waals surface area (Å²) in [6.45, 7) is 1.98. The summed E-state index contributed by atoms with van der Waals surface area (Å²) in [5.41, 5.74) is 7.45. The van der Waals surface area contributed by atoms with Gasteiger partial charge in [0, 0.05) is 15.5 Å². The Morgan fingerprint density at radius 1 is 1.47 bits per heavy atom. The van der Waals surface area contributed by atoms with Crippen LogP contribution in [0.5, 0.6) is 0 Å². The summed E-state index contributed by atoms with van der Waals surface area (Å²) < 4.78 is 23.1. The van der Waals surface area contributed by atoms with Gasteiger partial charge in [0.05, 0.1) is 11.8 Å². The summed E-state index contributed by atoms with van der Waals surface area (Å²) in [6.07, 6.45) is 1.24. The van der Waals surface area contributed by atoms with Crippen LogP contribution in [0.2, 0.25) is 0 Å². The van der Waals surface area contributed by atoms with Gasteiger partial charge < -0.3 is 11.1 Å². The Kier molecular flexibility index (Phi) is 5.75. The minimum Gasteiger partial charge on any atom is -0.325 e. The SMILES string of the molecule is Cc1ccc(NC(=O)C(N)CCS(C)(=O)=O)cc1I. The Balaban J connectivity index is 2.61. The molecule has 3 N–H and O–H groups in total. The molecule has 5 nitrogen and oxygen atoms in total. The van der Waals surface area contributed by atoms with Gasteiger partial charge >= 0.3 is 0 Å². The average molecular weight is 396 g/mol. The van der Waals surface area contributed by atoms with Crippen molar-refractivity contribution in [3.8, 4) is 0 Å². The van der Waals surface area contributed by atoms with Crippen LogP contribution >= 0.6 is 22.6 Å². The maximum absolute atomic E-state index is 11.8. The molecule has 1 aromatic rings. The van der Waals surface area contributed by atoms with E-state index in [0.717, 1.165) is 15.4 Å². The number of aryl methyl sites for hydroxylation is 1. The van der Waals surface area contributed by atoms with Gasteiger partial charge in [0.25, 0.3) is 0 Å². The molecule has 1 unspecified atom stereocenters. The third-order valence-electron chi connectivity index (χ3n) is 2.58. The van der Waals surface area contributed by atoms with Crippen LogP contribution in [-0.2, 0) is 14.6 Å². The molecule has 0 aromatic heterocycles. The Labute approximate surface area is 127 Å². The number of hydrogen-bond acceptors (Lipinski definition) is 4. The van der Waals surface area contributed by atoms with Gasteiger partial charge in [-0.25, -0.2) is 8.42 Å². The van der Waals surface area contributed by atoms with E-state index in [1.54, 1.807) is 6.07 Å². The zero-order valence-electron chi connectivity index (χ0n) is 10.8. The highest BCUT2D eigenvalue weighted by molar-refractivity contribution is 14.1. The smallest absolute Gasteiger partial charge is 0.241 e. The second-order valence-electron chi connectivity index (χ2n) is 4.48. The maximum Gasteiger partial charge on any atom is 0.241 e. The molecule has 0 heterocycles. The van der Waals surface area contributed by atoms with Crippen molar-refractivity contribution >= 4 is 44.0 Å². The number of carbonyl (C=O) groups excluding carboxylic acids is 1. The lowest BCUT2D eigenvalue weighted by atomic mass is 10.2. The molecule has 1 aromatic carbocycles. The van der Waals surface area contributed by atoms with Crippen LogP contribution < -0.4 is 11.1 Å². The first-order valence-electron chi connectivity index (χ1n) is 5.69. The zero-order chi connectivity index (χ0) is 14.6. The number of benzene rings is 1. The van der Waals surface area contributed by atoms with Crippen LogP contribution in [0.15, 0.2) is 18.2 Å². The van der Waals surface area contributed by atoms with Crippen molar-refractivity contribution in [2.75, 3.05) is 17.3 Å². The molecule has 0 aliphatic heterocycles. The fourth-order valence-corrected chi connectivity index (χ4v) is 2.58. The Morgan fingerprint density at radius 2 is 2.11 bits per heavy atom. The summed E-state index contributed by atoms with van der Waals surface area (Å²) in [6, 6.07) is 4.71. The number of hydrogen-bond donors (Lipinski definition) is 2. The summed E-state index contributed by atoms with van der Waals surface area (Å²) in [5.74, 6) is -0.462. The normalized spacial score (nSPS) is 13.1. The van der Waals surface area contributed by atoms with E-state index in [1.807, 2.05) is 19.1 Å². The molecule has 0 saturated carbocycles. The molecule has 1 amide bonds. The zero-order valence-corrected chi connectivity index (χ0v) is 13.8. The molecule has 1 rings (SSSR count). The second kappa shape index (κ2) is 6.67. The van der Waals surface area contributed by atoms with Crippen LogP contribution in [0.1, 0.15) is 12.0 Å². The lowest BCUT2D eigenvalue weighted by Gasteiger charge is -2.12. The number of anilines is 1. The van der Waals surface area contributed by atoms with Gasteiger partial charge in [-0.3, -0.25) is 4.79 Å². The topological polar surface area (TPSA) is 89.3 Å². The van der Waals surface area contributed by atoms with Gasteiger partial charge in [-0.15, -0.1) is 0 Å². The number of nitrogens with two attached hydrogens (primary N) is 1. The summed E-state index contributed by atoms with van der Waals surface area (Å²) in [7, 11) is -3.10. The van der Waals surface area contributed by atoms with Crippen molar-refractivity contribution in [1.82, 2.24) is 0 Å². The van der Waals surface area contributed by atoms with Crippen LogP contribution in [0.25, 0.3) is 0 Å². The number of amides is 1. The highest BCUT2D eigenvalue weighted by Crippen LogP contribution is 2.17. The first-order valence-corrected chi connectivity index (χ1v) is 8.83. The molecule has 0 saturated heterocycles. The Morgan fingerprint density at radius 3 is 2.63 bits per heavy atom. The number of rotatable bonds is 5.